The predicted octanol–water partition coefficient (Wildman–Crippen LogP) is 2.23. The Morgan fingerprint density at radius 2 is 1.79 bits per heavy atom. The molecule has 128 valence electrons. The highest BCUT2D eigenvalue weighted by molar-refractivity contribution is 7.89. The van der Waals surface area contributed by atoms with Gasteiger partial charge >= 0.3 is 0 Å². The largest absolute Gasteiger partial charge is 0.348 e. The SMILES string of the molecule is CC(NC(=O)CN(C)S(=O)(=O)c1ccc(Cl)cc1)c1ccncc1. The first-order chi connectivity index (χ1) is 11.3. The van der Waals surface area contributed by atoms with Crippen LogP contribution in [0.15, 0.2) is 53.7 Å². The maximum absolute atomic E-state index is 12.4. The van der Waals surface area contributed by atoms with Gasteiger partial charge in [0.05, 0.1) is 17.5 Å². The molecule has 1 unspecified atom stereocenters. The Morgan fingerprint density at radius 3 is 2.38 bits per heavy atom. The average molecular weight is 368 g/mol. The zero-order valence-electron chi connectivity index (χ0n) is 13.3. The van der Waals surface area contributed by atoms with Crippen molar-refractivity contribution < 1.29 is 13.2 Å². The van der Waals surface area contributed by atoms with E-state index < -0.39 is 10.0 Å². The molecule has 0 radical (unpaired) electrons. The van der Waals surface area contributed by atoms with E-state index in [0.717, 1.165) is 9.87 Å². The molecule has 0 saturated heterocycles. The van der Waals surface area contributed by atoms with Crippen molar-refractivity contribution in [1.29, 1.82) is 0 Å². The zero-order valence-corrected chi connectivity index (χ0v) is 14.9. The van der Waals surface area contributed by atoms with Gasteiger partial charge in [-0.3, -0.25) is 9.78 Å². The van der Waals surface area contributed by atoms with Crippen LogP contribution in [0.3, 0.4) is 0 Å². The molecule has 0 aliphatic rings. The van der Waals surface area contributed by atoms with Crippen molar-refractivity contribution in [1.82, 2.24) is 14.6 Å². The Labute approximate surface area is 146 Å². The van der Waals surface area contributed by atoms with Crippen LogP contribution in [0.4, 0.5) is 0 Å². The second-order valence-corrected chi connectivity index (χ2v) is 7.77. The predicted molar refractivity (Wildman–Crippen MR) is 92.1 cm³/mol. The Balaban J connectivity index is 2.01. The zero-order chi connectivity index (χ0) is 17.7. The molecule has 0 bridgehead atoms. The number of hydrogen-bond acceptors (Lipinski definition) is 4. The van der Waals surface area contributed by atoms with Crippen LogP contribution in [0, 0.1) is 0 Å². The number of pyridine rings is 1. The average Bonchev–Trinajstić information content (AvgIpc) is 2.55. The maximum atomic E-state index is 12.4. The van der Waals surface area contributed by atoms with E-state index in [1.165, 1.54) is 31.3 Å². The lowest BCUT2D eigenvalue weighted by Crippen LogP contribution is -2.39. The highest BCUT2D eigenvalue weighted by atomic mass is 35.5. The summed E-state index contributed by atoms with van der Waals surface area (Å²) in [7, 11) is -2.39. The van der Waals surface area contributed by atoms with E-state index in [4.69, 9.17) is 11.6 Å². The van der Waals surface area contributed by atoms with Gasteiger partial charge in [-0.2, -0.15) is 4.31 Å². The van der Waals surface area contributed by atoms with Gasteiger partial charge in [0, 0.05) is 24.5 Å². The van der Waals surface area contributed by atoms with Crippen molar-refractivity contribution in [3.63, 3.8) is 0 Å². The first-order valence-electron chi connectivity index (χ1n) is 7.22. The first kappa shape index (κ1) is 18.4. The van der Waals surface area contributed by atoms with Crippen LogP contribution in [-0.4, -0.2) is 37.2 Å². The summed E-state index contributed by atoms with van der Waals surface area (Å²) in [5.74, 6) is -0.389. The molecule has 1 amide bonds. The van der Waals surface area contributed by atoms with Crippen LogP contribution in [0.25, 0.3) is 0 Å². The summed E-state index contributed by atoms with van der Waals surface area (Å²) in [6.07, 6.45) is 3.27. The fourth-order valence-electron chi connectivity index (χ4n) is 2.10. The third-order valence-electron chi connectivity index (χ3n) is 3.47. The van der Waals surface area contributed by atoms with Crippen molar-refractivity contribution >= 4 is 27.5 Å². The van der Waals surface area contributed by atoms with E-state index in [0.29, 0.717) is 5.02 Å². The summed E-state index contributed by atoms with van der Waals surface area (Å²) in [6.45, 7) is 1.54. The van der Waals surface area contributed by atoms with Crippen molar-refractivity contribution in [3.05, 3.63) is 59.4 Å². The van der Waals surface area contributed by atoms with Crippen LogP contribution in [-0.2, 0) is 14.8 Å². The number of carbonyl (C=O) groups excluding carboxylic acids is 1. The van der Waals surface area contributed by atoms with E-state index >= 15 is 0 Å². The number of amides is 1. The lowest BCUT2D eigenvalue weighted by molar-refractivity contribution is -0.121. The van der Waals surface area contributed by atoms with E-state index in [-0.39, 0.29) is 23.4 Å². The van der Waals surface area contributed by atoms with Gasteiger partial charge in [-0.15, -0.1) is 0 Å². The molecule has 2 rings (SSSR count). The molecule has 1 aromatic heterocycles. The number of nitrogens with one attached hydrogen (secondary N) is 1. The smallest absolute Gasteiger partial charge is 0.243 e. The van der Waals surface area contributed by atoms with E-state index in [1.807, 2.05) is 6.92 Å². The molecule has 0 fully saturated rings. The maximum Gasteiger partial charge on any atom is 0.243 e. The lowest BCUT2D eigenvalue weighted by atomic mass is 10.1. The third-order valence-corrected chi connectivity index (χ3v) is 5.54. The van der Waals surface area contributed by atoms with Crippen LogP contribution in [0.2, 0.25) is 5.02 Å². The fraction of sp³-hybridized carbons (Fsp3) is 0.250. The van der Waals surface area contributed by atoms with Crippen LogP contribution >= 0.6 is 11.6 Å². The van der Waals surface area contributed by atoms with Crippen LogP contribution in [0.5, 0.6) is 0 Å². The van der Waals surface area contributed by atoms with E-state index in [9.17, 15) is 13.2 Å². The Hall–Kier alpha value is -1.96. The molecule has 2 aromatic rings. The summed E-state index contributed by atoms with van der Waals surface area (Å²) >= 11 is 5.76. The Morgan fingerprint density at radius 1 is 1.21 bits per heavy atom. The normalized spacial score (nSPS) is 12.8. The molecule has 1 atom stereocenters. The monoisotopic (exact) mass is 367 g/mol. The number of likely N-dealkylation sites (N-methyl/N-ethyl adjacent to an activating group) is 1. The minimum absolute atomic E-state index is 0.0874. The Kier molecular flexibility index (Phi) is 5.93. The van der Waals surface area contributed by atoms with Gasteiger partial charge in [-0.1, -0.05) is 11.6 Å². The topological polar surface area (TPSA) is 79.4 Å². The number of benzene rings is 1. The molecule has 0 spiro atoms. The fourth-order valence-corrected chi connectivity index (χ4v) is 3.35. The second-order valence-electron chi connectivity index (χ2n) is 5.28. The highest BCUT2D eigenvalue weighted by Gasteiger charge is 2.23. The highest BCUT2D eigenvalue weighted by Crippen LogP contribution is 2.17. The summed E-state index contributed by atoms with van der Waals surface area (Å²) < 4.78 is 25.9. The quantitative estimate of drug-likeness (QED) is 0.849. The van der Waals surface area contributed by atoms with Gasteiger partial charge < -0.3 is 5.32 Å². The van der Waals surface area contributed by atoms with Gasteiger partial charge in [-0.25, -0.2) is 8.42 Å². The number of halogens is 1. The van der Waals surface area contributed by atoms with E-state index in [2.05, 4.69) is 10.3 Å². The summed E-state index contributed by atoms with van der Waals surface area (Å²) in [5, 5.41) is 3.21. The van der Waals surface area contributed by atoms with Crippen LogP contribution in [0.1, 0.15) is 18.5 Å². The molecule has 0 saturated carbocycles. The molecule has 24 heavy (non-hydrogen) atoms. The van der Waals surface area contributed by atoms with Crippen LogP contribution < -0.4 is 5.32 Å². The second kappa shape index (κ2) is 7.74. The van der Waals surface area contributed by atoms with Gasteiger partial charge in [0.15, 0.2) is 0 Å². The summed E-state index contributed by atoms with van der Waals surface area (Å²) in [6, 6.07) is 9.14. The van der Waals surface area contributed by atoms with Crippen molar-refractivity contribution in [2.24, 2.45) is 0 Å². The van der Waals surface area contributed by atoms with Crippen molar-refractivity contribution in [2.75, 3.05) is 13.6 Å². The molecule has 6 nitrogen and oxygen atoms in total. The number of rotatable bonds is 6. The molecule has 0 aliphatic heterocycles. The minimum atomic E-state index is -3.75. The molecule has 0 aliphatic carbocycles. The lowest BCUT2D eigenvalue weighted by Gasteiger charge is -2.19. The van der Waals surface area contributed by atoms with Gasteiger partial charge in [0.25, 0.3) is 0 Å². The summed E-state index contributed by atoms with van der Waals surface area (Å²) in [5.41, 5.74) is 0.890. The first-order valence-corrected chi connectivity index (χ1v) is 9.03. The van der Waals surface area contributed by atoms with Gasteiger partial charge in [-0.05, 0) is 48.9 Å². The van der Waals surface area contributed by atoms with E-state index in [1.54, 1.807) is 24.5 Å². The molecule has 1 N–H and O–H groups in total. The van der Waals surface area contributed by atoms with Crippen molar-refractivity contribution in [2.45, 2.75) is 17.9 Å². The standard InChI is InChI=1S/C16H18ClN3O3S/c1-12(13-7-9-18-10-8-13)19-16(21)11-20(2)24(22,23)15-5-3-14(17)4-6-15/h3-10,12H,11H2,1-2H3,(H,19,21). The summed E-state index contributed by atoms with van der Waals surface area (Å²) in [4.78, 5) is 16.1. The number of sulfonamides is 1. The molecular weight excluding hydrogens is 350 g/mol. The van der Waals surface area contributed by atoms with Crippen molar-refractivity contribution in [3.8, 4) is 0 Å². The molecule has 8 heteroatoms. The van der Waals surface area contributed by atoms with Gasteiger partial charge in [0.1, 0.15) is 0 Å². The molecular formula is C16H18ClN3O3S. The Bertz CT molecular complexity index is 795. The molecule has 1 aromatic carbocycles. The van der Waals surface area contributed by atoms with Gasteiger partial charge in [0.2, 0.25) is 15.9 Å². The number of carbonyl (C=O) groups is 1. The number of hydrogen-bond donors (Lipinski definition) is 1. The number of aromatic nitrogens is 1. The third kappa shape index (κ3) is 4.53. The number of nitrogens with zero attached hydrogens (tertiary/aromatic N) is 2. The minimum Gasteiger partial charge on any atom is -0.348 e. The molecule has 1 heterocycles.